The lowest BCUT2D eigenvalue weighted by molar-refractivity contribution is -0.119. The number of rotatable bonds is 6. The molecule has 1 unspecified atom stereocenters. The van der Waals surface area contributed by atoms with Crippen molar-refractivity contribution >= 4 is 35.8 Å². The van der Waals surface area contributed by atoms with Crippen molar-refractivity contribution in [1.82, 2.24) is 10.2 Å². The number of nitrogens with one attached hydrogen (secondary N) is 1. The van der Waals surface area contributed by atoms with Crippen molar-refractivity contribution in [3.05, 3.63) is 0 Å². The Labute approximate surface area is 138 Å². The summed E-state index contributed by atoms with van der Waals surface area (Å²) in [5.41, 5.74) is 5.27. The molecule has 1 fully saturated rings. The van der Waals surface area contributed by atoms with Gasteiger partial charge in [-0.3, -0.25) is 9.79 Å². The van der Waals surface area contributed by atoms with Gasteiger partial charge in [0.2, 0.25) is 5.91 Å². The average molecular weight is 398 g/mol. The number of hydrogen-bond donors (Lipinski definition) is 2. The minimum Gasteiger partial charge on any atom is -0.380 e. The molecule has 0 aromatic carbocycles. The summed E-state index contributed by atoms with van der Waals surface area (Å²) in [7, 11) is 1.78. The Hall–Kier alpha value is -0.570. The topological polar surface area (TPSA) is 79.9 Å². The van der Waals surface area contributed by atoms with Crippen molar-refractivity contribution in [3.63, 3.8) is 0 Å². The van der Waals surface area contributed by atoms with Crippen LogP contribution in [0, 0.1) is 5.92 Å². The van der Waals surface area contributed by atoms with Gasteiger partial charge < -0.3 is 20.7 Å². The smallest absolute Gasteiger partial charge is 0.217 e. The van der Waals surface area contributed by atoms with E-state index in [0.717, 1.165) is 45.0 Å². The fraction of sp³-hybridized carbons (Fsp3) is 0.846. The van der Waals surface area contributed by atoms with Crippen molar-refractivity contribution < 1.29 is 9.53 Å². The molecule has 20 heavy (non-hydrogen) atoms. The van der Waals surface area contributed by atoms with Gasteiger partial charge in [0.15, 0.2) is 5.96 Å². The molecule has 0 saturated carbocycles. The number of carbonyl (C=O) groups is 1. The van der Waals surface area contributed by atoms with Crippen LogP contribution in [0.5, 0.6) is 0 Å². The van der Waals surface area contributed by atoms with E-state index < -0.39 is 0 Å². The van der Waals surface area contributed by atoms with Crippen LogP contribution in [0.2, 0.25) is 0 Å². The number of piperidine rings is 1. The Balaban J connectivity index is 0.00000361. The van der Waals surface area contributed by atoms with Gasteiger partial charge in [0.1, 0.15) is 0 Å². The lowest BCUT2D eigenvalue weighted by Crippen LogP contribution is -2.47. The third-order valence-electron chi connectivity index (χ3n) is 3.25. The van der Waals surface area contributed by atoms with Crippen LogP contribution in [0.1, 0.15) is 26.2 Å². The van der Waals surface area contributed by atoms with E-state index >= 15 is 0 Å². The standard InChI is InChI=1S/C13H26N4O2.HI/c1-3-19-8-6-16-13(15-2)17-7-4-5-11(10-17)9-12(14)18;/h11H,3-10H2,1-2H3,(H2,14,18)(H,15,16);1H. The van der Waals surface area contributed by atoms with Gasteiger partial charge in [-0.1, -0.05) is 0 Å². The van der Waals surface area contributed by atoms with Crippen LogP contribution in [0.4, 0.5) is 0 Å². The van der Waals surface area contributed by atoms with E-state index in [1.165, 1.54) is 0 Å². The molecule has 1 rings (SSSR count). The van der Waals surface area contributed by atoms with E-state index in [2.05, 4.69) is 15.2 Å². The Bertz CT molecular complexity index is 313. The lowest BCUT2D eigenvalue weighted by Gasteiger charge is -2.34. The second kappa shape index (κ2) is 11.1. The molecule has 0 aliphatic carbocycles. The summed E-state index contributed by atoms with van der Waals surface area (Å²) in [6.45, 7) is 5.95. The Morgan fingerprint density at radius 3 is 2.90 bits per heavy atom. The number of guanidine groups is 1. The Morgan fingerprint density at radius 2 is 2.30 bits per heavy atom. The van der Waals surface area contributed by atoms with E-state index in [0.29, 0.717) is 18.9 Å². The largest absolute Gasteiger partial charge is 0.380 e. The molecule has 0 spiro atoms. The maximum atomic E-state index is 11.0. The van der Waals surface area contributed by atoms with Gasteiger partial charge in [0.05, 0.1) is 6.61 Å². The first-order valence-electron chi connectivity index (χ1n) is 6.99. The van der Waals surface area contributed by atoms with E-state index in [4.69, 9.17) is 10.5 Å². The van der Waals surface area contributed by atoms with Crippen LogP contribution in [-0.4, -0.2) is 56.7 Å². The summed E-state index contributed by atoms with van der Waals surface area (Å²) < 4.78 is 5.29. The fourth-order valence-electron chi connectivity index (χ4n) is 2.42. The van der Waals surface area contributed by atoms with E-state index in [-0.39, 0.29) is 29.9 Å². The van der Waals surface area contributed by atoms with Crippen molar-refractivity contribution in [2.24, 2.45) is 16.6 Å². The number of amides is 1. The van der Waals surface area contributed by atoms with Crippen LogP contribution in [0.15, 0.2) is 4.99 Å². The molecule has 0 radical (unpaired) electrons. The maximum absolute atomic E-state index is 11.0. The number of aliphatic imine (C=N–C) groups is 1. The molecular formula is C13H27IN4O2. The van der Waals surface area contributed by atoms with Gasteiger partial charge in [-0.05, 0) is 25.7 Å². The first-order chi connectivity index (χ1) is 9.17. The second-order valence-corrected chi connectivity index (χ2v) is 4.80. The Kier molecular flexibility index (Phi) is 10.8. The van der Waals surface area contributed by atoms with Crippen molar-refractivity contribution in [2.75, 3.05) is 39.9 Å². The highest BCUT2D eigenvalue weighted by Crippen LogP contribution is 2.19. The zero-order valence-electron chi connectivity index (χ0n) is 12.4. The number of carbonyl (C=O) groups excluding carboxylic acids is 1. The van der Waals surface area contributed by atoms with Gasteiger partial charge in [0.25, 0.3) is 0 Å². The number of hydrogen-bond acceptors (Lipinski definition) is 3. The van der Waals surface area contributed by atoms with Crippen LogP contribution in [0.25, 0.3) is 0 Å². The summed E-state index contributed by atoms with van der Waals surface area (Å²) in [5, 5.41) is 3.28. The fourth-order valence-corrected chi connectivity index (χ4v) is 2.42. The zero-order valence-corrected chi connectivity index (χ0v) is 14.8. The van der Waals surface area contributed by atoms with Crippen LogP contribution >= 0.6 is 24.0 Å². The first kappa shape index (κ1) is 19.4. The zero-order chi connectivity index (χ0) is 14.1. The number of nitrogens with zero attached hydrogens (tertiary/aromatic N) is 2. The number of likely N-dealkylation sites (tertiary alicyclic amines) is 1. The molecule has 6 nitrogen and oxygen atoms in total. The van der Waals surface area contributed by atoms with Crippen molar-refractivity contribution in [2.45, 2.75) is 26.2 Å². The molecule has 1 heterocycles. The summed E-state index contributed by atoms with van der Waals surface area (Å²) in [4.78, 5) is 17.5. The van der Waals surface area contributed by atoms with E-state index in [1.807, 2.05) is 6.92 Å². The quantitative estimate of drug-likeness (QED) is 0.300. The van der Waals surface area contributed by atoms with Gasteiger partial charge in [-0.15, -0.1) is 24.0 Å². The van der Waals surface area contributed by atoms with Crippen LogP contribution < -0.4 is 11.1 Å². The summed E-state index contributed by atoms with van der Waals surface area (Å²) in [6.07, 6.45) is 2.60. The molecule has 7 heteroatoms. The second-order valence-electron chi connectivity index (χ2n) is 4.80. The molecule has 1 saturated heterocycles. The van der Waals surface area contributed by atoms with Crippen molar-refractivity contribution in [1.29, 1.82) is 0 Å². The average Bonchev–Trinajstić information content (AvgIpc) is 2.38. The third kappa shape index (κ3) is 7.28. The molecule has 0 aromatic rings. The van der Waals surface area contributed by atoms with E-state index in [9.17, 15) is 4.79 Å². The molecule has 1 aliphatic rings. The van der Waals surface area contributed by atoms with E-state index in [1.54, 1.807) is 7.05 Å². The highest BCUT2D eigenvalue weighted by Gasteiger charge is 2.23. The summed E-state index contributed by atoms with van der Waals surface area (Å²) in [6, 6.07) is 0. The minimum absolute atomic E-state index is 0. The molecule has 3 N–H and O–H groups in total. The van der Waals surface area contributed by atoms with Gasteiger partial charge in [0, 0.05) is 39.7 Å². The number of ether oxygens (including phenoxy) is 1. The highest BCUT2D eigenvalue weighted by molar-refractivity contribution is 14.0. The van der Waals surface area contributed by atoms with Crippen LogP contribution in [-0.2, 0) is 9.53 Å². The minimum atomic E-state index is -0.217. The number of nitrogens with two attached hydrogens (primary N) is 1. The lowest BCUT2D eigenvalue weighted by atomic mass is 9.95. The molecule has 1 atom stereocenters. The van der Waals surface area contributed by atoms with Crippen LogP contribution in [0.3, 0.4) is 0 Å². The van der Waals surface area contributed by atoms with Gasteiger partial charge in [-0.25, -0.2) is 0 Å². The Morgan fingerprint density at radius 1 is 1.55 bits per heavy atom. The maximum Gasteiger partial charge on any atom is 0.217 e. The molecular weight excluding hydrogens is 371 g/mol. The van der Waals surface area contributed by atoms with Gasteiger partial charge in [-0.2, -0.15) is 0 Å². The summed E-state index contributed by atoms with van der Waals surface area (Å²) in [5.74, 6) is 1.01. The highest BCUT2D eigenvalue weighted by atomic mass is 127. The number of primary amides is 1. The van der Waals surface area contributed by atoms with Gasteiger partial charge >= 0.3 is 0 Å². The normalized spacial score (nSPS) is 19.4. The molecule has 0 aromatic heterocycles. The molecule has 118 valence electrons. The molecule has 1 aliphatic heterocycles. The van der Waals surface area contributed by atoms with Crippen molar-refractivity contribution in [3.8, 4) is 0 Å². The predicted molar refractivity (Wildman–Crippen MR) is 91.4 cm³/mol. The monoisotopic (exact) mass is 398 g/mol. The molecule has 0 bridgehead atoms. The SMILES string of the molecule is CCOCCNC(=NC)N1CCCC(CC(N)=O)C1.I. The third-order valence-corrected chi connectivity index (χ3v) is 3.25. The molecule has 1 amide bonds. The summed E-state index contributed by atoms with van der Waals surface area (Å²) >= 11 is 0. The predicted octanol–water partition coefficient (Wildman–Crippen LogP) is 0.804. The number of halogens is 1. The first-order valence-corrected chi connectivity index (χ1v) is 6.99.